The average molecular weight is 464 g/mol. The molecule has 1 aromatic heterocycles. The number of ether oxygens (including phenoxy) is 1. The summed E-state index contributed by atoms with van der Waals surface area (Å²) in [5.41, 5.74) is 0.583. The molecular formula is C20H32F3N5O4. The number of aliphatic hydroxyl groups excluding tert-OH is 1. The van der Waals surface area contributed by atoms with E-state index in [0.29, 0.717) is 18.7 Å². The van der Waals surface area contributed by atoms with E-state index in [1.54, 1.807) is 22.7 Å². The number of amides is 2. The smallest absolute Gasteiger partial charge is 0.389 e. The lowest BCUT2D eigenvalue weighted by molar-refractivity contribution is -0.150. The number of nitrogens with zero attached hydrogens (tertiary/aromatic N) is 5. The van der Waals surface area contributed by atoms with Crippen molar-refractivity contribution in [2.45, 2.75) is 71.0 Å². The van der Waals surface area contributed by atoms with Crippen LogP contribution in [0.15, 0.2) is 6.20 Å². The third-order valence-electron chi connectivity index (χ3n) is 5.55. The Hall–Kier alpha value is -2.21. The molecule has 182 valence electrons. The number of aromatic nitrogens is 3. The van der Waals surface area contributed by atoms with Crippen molar-refractivity contribution in [3.63, 3.8) is 0 Å². The van der Waals surface area contributed by atoms with Crippen molar-refractivity contribution in [1.82, 2.24) is 24.8 Å². The van der Waals surface area contributed by atoms with Crippen LogP contribution >= 0.6 is 0 Å². The number of aliphatic hydroxyl groups is 1. The lowest BCUT2D eigenvalue weighted by Gasteiger charge is -2.35. The maximum atomic E-state index is 12.8. The highest BCUT2D eigenvalue weighted by Crippen LogP contribution is 2.22. The Bertz CT molecular complexity index is 758. The number of carbonyl (C=O) groups is 2. The van der Waals surface area contributed by atoms with E-state index < -0.39 is 37.1 Å². The first-order chi connectivity index (χ1) is 15.0. The molecule has 0 aromatic carbocycles. The highest BCUT2D eigenvalue weighted by molar-refractivity contribution is 5.76. The van der Waals surface area contributed by atoms with Gasteiger partial charge in [-0.3, -0.25) is 14.3 Å². The zero-order valence-corrected chi connectivity index (χ0v) is 18.7. The van der Waals surface area contributed by atoms with E-state index in [4.69, 9.17) is 4.74 Å². The number of rotatable bonds is 6. The second kappa shape index (κ2) is 11.6. The summed E-state index contributed by atoms with van der Waals surface area (Å²) in [6, 6.07) is -0.403. The molecule has 0 spiro atoms. The Kier molecular flexibility index (Phi) is 9.44. The second-order valence-electron chi connectivity index (χ2n) is 8.37. The van der Waals surface area contributed by atoms with Crippen molar-refractivity contribution in [2.75, 3.05) is 26.7 Å². The predicted molar refractivity (Wildman–Crippen MR) is 108 cm³/mol. The number of carbonyl (C=O) groups excluding carboxylic acids is 2. The number of likely N-dealkylation sites (N-methyl/N-ethyl adjacent to an activating group) is 1. The fourth-order valence-corrected chi connectivity index (χ4v) is 3.50. The molecular weight excluding hydrogens is 431 g/mol. The van der Waals surface area contributed by atoms with Crippen LogP contribution in [0.4, 0.5) is 13.2 Å². The summed E-state index contributed by atoms with van der Waals surface area (Å²) in [6.07, 6.45) is -4.24. The van der Waals surface area contributed by atoms with E-state index in [0.717, 1.165) is 0 Å². The summed E-state index contributed by atoms with van der Waals surface area (Å²) in [7, 11) is 1.44. The molecule has 32 heavy (non-hydrogen) atoms. The SMILES string of the molecule is C[C@@H]1CN([C@@H](C)CO)C(=O)CCCn2cc(nn2)CO[C@@H]1CN(C)C(=O)CCC(F)(F)F. The minimum Gasteiger partial charge on any atom is -0.394 e. The Morgan fingerprint density at radius 2 is 2.16 bits per heavy atom. The molecule has 1 aliphatic heterocycles. The zero-order chi connectivity index (χ0) is 23.9. The van der Waals surface area contributed by atoms with E-state index in [-0.39, 0.29) is 44.5 Å². The quantitative estimate of drug-likeness (QED) is 0.688. The molecule has 2 heterocycles. The number of fused-ring (bicyclic) bond motifs is 2. The average Bonchev–Trinajstić information content (AvgIpc) is 3.18. The van der Waals surface area contributed by atoms with Gasteiger partial charge in [0.1, 0.15) is 5.69 Å². The number of aryl methyl sites for hydroxylation is 1. The third kappa shape index (κ3) is 8.05. The van der Waals surface area contributed by atoms with Crippen molar-refractivity contribution >= 4 is 11.8 Å². The lowest BCUT2D eigenvalue weighted by atomic mass is 10.0. The molecule has 1 N–H and O–H groups in total. The molecule has 2 bridgehead atoms. The summed E-state index contributed by atoms with van der Waals surface area (Å²) < 4.78 is 45.1. The van der Waals surface area contributed by atoms with E-state index >= 15 is 0 Å². The van der Waals surface area contributed by atoms with Gasteiger partial charge in [0.15, 0.2) is 0 Å². The summed E-state index contributed by atoms with van der Waals surface area (Å²) in [5.74, 6) is -1.02. The standard InChI is InChI=1S/C20H32F3N5O4/c1-14-9-28(15(2)12-29)19(31)5-4-8-27-10-16(24-25-27)13-32-17(14)11-26(3)18(30)6-7-20(21,22)23/h10,14-15,17,29H,4-9,11-13H2,1-3H3/t14-,15+,17-/m1/s1. The topological polar surface area (TPSA) is 101 Å². The van der Waals surface area contributed by atoms with Gasteiger partial charge in [-0.15, -0.1) is 5.10 Å². The molecule has 2 rings (SSSR count). The van der Waals surface area contributed by atoms with E-state index in [9.17, 15) is 27.9 Å². The van der Waals surface area contributed by atoms with Crippen LogP contribution in [0.5, 0.6) is 0 Å². The van der Waals surface area contributed by atoms with Crippen LogP contribution in [0.2, 0.25) is 0 Å². The number of hydrogen-bond acceptors (Lipinski definition) is 6. The zero-order valence-electron chi connectivity index (χ0n) is 18.7. The third-order valence-corrected chi connectivity index (χ3v) is 5.55. The van der Waals surface area contributed by atoms with Gasteiger partial charge < -0.3 is 19.6 Å². The fourth-order valence-electron chi connectivity index (χ4n) is 3.50. The summed E-state index contributed by atoms with van der Waals surface area (Å²) in [6.45, 7) is 4.35. The van der Waals surface area contributed by atoms with E-state index in [1.807, 2.05) is 6.92 Å². The van der Waals surface area contributed by atoms with Gasteiger partial charge in [-0.1, -0.05) is 12.1 Å². The van der Waals surface area contributed by atoms with Crippen LogP contribution in [0.25, 0.3) is 0 Å². The highest BCUT2D eigenvalue weighted by Gasteiger charge is 2.31. The van der Waals surface area contributed by atoms with E-state index in [2.05, 4.69) is 10.3 Å². The van der Waals surface area contributed by atoms with Gasteiger partial charge in [-0.25, -0.2) is 0 Å². The Labute approximate surface area is 185 Å². The van der Waals surface area contributed by atoms with Crippen molar-refractivity contribution < 1.29 is 32.6 Å². The monoisotopic (exact) mass is 463 g/mol. The minimum atomic E-state index is -4.40. The molecule has 1 aliphatic rings. The molecule has 0 unspecified atom stereocenters. The number of hydrogen-bond donors (Lipinski definition) is 1. The summed E-state index contributed by atoms with van der Waals surface area (Å²) in [5, 5.41) is 17.7. The maximum Gasteiger partial charge on any atom is 0.389 e. The Morgan fingerprint density at radius 1 is 1.44 bits per heavy atom. The summed E-state index contributed by atoms with van der Waals surface area (Å²) in [4.78, 5) is 27.8. The van der Waals surface area contributed by atoms with Gasteiger partial charge in [0.2, 0.25) is 11.8 Å². The van der Waals surface area contributed by atoms with Gasteiger partial charge in [0.25, 0.3) is 0 Å². The van der Waals surface area contributed by atoms with Crippen LogP contribution in [-0.2, 0) is 27.5 Å². The number of alkyl halides is 3. The van der Waals surface area contributed by atoms with Gasteiger partial charge >= 0.3 is 6.18 Å². The van der Waals surface area contributed by atoms with Gasteiger partial charge in [-0.05, 0) is 13.3 Å². The van der Waals surface area contributed by atoms with Crippen LogP contribution in [0, 0.1) is 5.92 Å². The molecule has 9 nitrogen and oxygen atoms in total. The van der Waals surface area contributed by atoms with Crippen molar-refractivity contribution in [3.8, 4) is 0 Å². The van der Waals surface area contributed by atoms with Gasteiger partial charge in [-0.2, -0.15) is 13.2 Å². The molecule has 0 saturated carbocycles. The lowest BCUT2D eigenvalue weighted by Crippen LogP contribution is -2.47. The minimum absolute atomic E-state index is 0.0571. The first kappa shape index (κ1) is 26.0. The molecule has 0 aliphatic carbocycles. The Balaban J connectivity index is 2.17. The Morgan fingerprint density at radius 3 is 2.81 bits per heavy atom. The highest BCUT2D eigenvalue weighted by atomic mass is 19.4. The normalized spacial score (nSPS) is 22.0. The largest absolute Gasteiger partial charge is 0.394 e. The van der Waals surface area contributed by atoms with Crippen LogP contribution in [0.1, 0.15) is 45.2 Å². The second-order valence-corrected chi connectivity index (χ2v) is 8.37. The van der Waals surface area contributed by atoms with Gasteiger partial charge in [0.05, 0.1) is 38.0 Å². The van der Waals surface area contributed by atoms with Crippen molar-refractivity contribution in [3.05, 3.63) is 11.9 Å². The molecule has 0 radical (unpaired) electrons. The molecule has 0 fully saturated rings. The molecule has 0 saturated heterocycles. The molecule has 2 amide bonds. The molecule has 3 atom stereocenters. The summed E-state index contributed by atoms with van der Waals surface area (Å²) >= 11 is 0. The number of halogens is 3. The van der Waals surface area contributed by atoms with Crippen LogP contribution in [-0.4, -0.2) is 86.8 Å². The van der Waals surface area contributed by atoms with Crippen LogP contribution in [0.3, 0.4) is 0 Å². The van der Waals surface area contributed by atoms with Crippen LogP contribution < -0.4 is 0 Å². The van der Waals surface area contributed by atoms with Gasteiger partial charge in [0, 0.05) is 45.4 Å². The van der Waals surface area contributed by atoms with Crippen molar-refractivity contribution in [1.29, 1.82) is 0 Å². The fraction of sp³-hybridized carbons (Fsp3) is 0.800. The van der Waals surface area contributed by atoms with Crippen molar-refractivity contribution in [2.24, 2.45) is 5.92 Å². The predicted octanol–water partition coefficient (Wildman–Crippen LogP) is 1.60. The first-order valence-corrected chi connectivity index (χ1v) is 10.7. The van der Waals surface area contributed by atoms with E-state index in [1.165, 1.54) is 11.9 Å². The first-order valence-electron chi connectivity index (χ1n) is 10.7. The molecule has 12 heteroatoms. The maximum absolute atomic E-state index is 12.8. The molecule has 1 aromatic rings.